The molecule has 1 aliphatic rings. The van der Waals surface area contributed by atoms with E-state index in [4.69, 9.17) is 4.74 Å². The van der Waals surface area contributed by atoms with Crippen molar-refractivity contribution in [2.45, 2.75) is 10.9 Å². The van der Waals surface area contributed by atoms with Crippen molar-refractivity contribution in [1.82, 2.24) is 0 Å². The molecular formula is C26H21NO3S. The number of benzene rings is 4. The Morgan fingerprint density at radius 3 is 2.03 bits per heavy atom. The maximum Gasteiger partial charge on any atom is 0.265 e. The summed E-state index contributed by atoms with van der Waals surface area (Å²) in [7, 11) is -2.30. The van der Waals surface area contributed by atoms with Crippen LogP contribution in [0.25, 0.3) is 11.1 Å². The molecule has 0 radical (unpaired) electrons. The first-order valence-electron chi connectivity index (χ1n) is 10.0. The van der Waals surface area contributed by atoms with Crippen LogP contribution in [0, 0.1) is 0 Å². The maximum absolute atomic E-state index is 14.0. The van der Waals surface area contributed by atoms with E-state index in [1.165, 1.54) is 0 Å². The fourth-order valence-corrected chi connectivity index (χ4v) is 5.86. The van der Waals surface area contributed by atoms with Gasteiger partial charge in [-0.15, -0.1) is 0 Å². The highest BCUT2D eigenvalue weighted by atomic mass is 32.2. The zero-order valence-electron chi connectivity index (χ0n) is 17.0. The number of hydrogen-bond acceptors (Lipinski definition) is 3. The molecule has 0 spiro atoms. The van der Waals surface area contributed by atoms with Gasteiger partial charge in [-0.3, -0.25) is 4.31 Å². The van der Waals surface area contributed by atoms with Crippen molar-refractivity contribution in [3.8, 4) is 16.9 Å². The molecule has 0 saturated carbocycles. The number of rotatable bonds is 4. The van der Waals surface area contributed by atoms with Gasteiger partial charge in [0.25, 0.3) is 10.0 Å². The predicted octanol–water partition coefficient (Wildman–Crippen LogP) is 5.66. The van der Waals surface area contributed by atoms with E-state index in [9.17, 15) is 8.42 Å². The van der Waals surface area contributed by atoms with E-state index in [0.29, 0.717) is 11.4 Å². The van der Waals surface area contributed by atoms with Crippen LogP contribution in [0.1, 0.15) is 17.2 Å². The number of fused-ring (bicyclic) bond motifs is 3. The van der Waals surface area contributed by atoms with Crippen molar-refractivity contribution >= 4 is 15.7 Å². The predicted molar refractivity (Wildman–Crippen MR) is 123 cm³/mol. The second-order valence-electron chi connectivity index (χ2n) is 7.39. The molecule has 0 fully saturated rings. The highest BCUT2D eigenvalue weighted by Crippen LogP contribution is 2.49. The van der Waals surface area contributed by atoms with E-state index in [2.05, 4.69) is 6.07 Å². The van der Waals surface area contributed by atoms with Gasteiger partial charge in [-0.1, -0.05) is 72.8 Å². The van der Waals surface area contributed by atoms with Crippen LogP contribution in [0.4, 0.5) is 5.69 Å². The average Bonchev–Trinajstić information content (AvgIpc) is 2.83. The lowest BCUT2D eigenvalue weighted by atomic mass is 9.86. The topological polar surface area (TPSA) is 46.6 Å². The van der Waals surface area contributed by atoms with Gasteiger partial charge >= 0.3 is 0 Å². The van der Waals surface area contributed by atoms with Crippen LogP contribution in [0.15, 0.2) is 108 Å². The van der Waals surface area contributed by atoms with Gasteiger partial charge in [-0.25, -0.2) is 8.42 Å². The number of anilines is 1. The molecule has 4 aromatic carbocycles. The standard InChI is InChI=1S/C26H21NO3S/c1-30-20-15-17-21(18-16-20)31(28,29)27-25-14-8-7-12-23(25)22-11-5-6-13-24(22)26(27)19-9-3-2-4-10-19/h2-18,26H,1H3/t26-/m0/s1. The molecule has 31 heavy (non-hydrogen) atoms. The van der Waals surface area contributed by atoms with Gasteiger partial charge in [-0.2, -0.15) is 0 Å². The summed E-state index contributed by atoms with van der Waals surface area (Å²) >= 11 is 0. The Bertz CT molecular complexity index is 1330. The van der Waals surface area contributed by atoms with E-state index >= 15 is 0 Å². The first kappa shape index (κ1) is 19.4. The van der Waals surface area contributed by atoms with E-state index in [1.807, 2.05) is 72.8 Å². The number of nitrogens with zero attached hydrogens (tertiary/aromatic N) is 1. The summed E-state index contributed by atoms with van der Waals surface area (Å²) in [4.78, 5) is 0.225. The minimum atomic E-state index is -3.86. The summed E-state index contributed by atoms with van der Waals surface area (Å²) in [5.41, 5.74) is 4.51. The smallest absolute Gasteiger partial charge is 0.265 e. The first-order valence-corrected chi connectivity index (χ1v) is 11.5. The SMILES string of the molecule is COc1ccc(S(=O)(=O)N2c3ccccc3-c3ccccc3[C@@H]2c2ccccc2)cc1. The van der Waals surface area contributed by atoms with Gasteiger partial charge in [0.2, 0.25) is 0 Å². The maximum atomic E-state index is 14.0. The van der Waals surface area contributed by atoms with Crippen LogP contribution in [0.5, 0.6) is 5.75 Å². The molecule has 1 aliphatic heterocycles. The van der Waals surface area contributed by atoms with Gasteiger partial charge in [0.15, 0.2) is 0 Å². The average molecular weight is 428 g/mol. The van der Waals surface area contributed by atoms with Crippen molar-refractivity contribution in [2.75, 3.05) is 11.4 Å². The second kappa shape index (κ2) is 7.60. The Morgan fingerprint density at radius 1 is 0.710 bits per heavy atom. The highest BCUT2D eigenvalue weighted by Gasteiger charge is 2.39. The number of ether oxygens (including phenoxy) is 1. The third kappa shape index (κ3) is 3.18. The fraction of sp³-hybridized carbons (Fsp3) is 0.0769. The molecule has 1 atom stereocenters. The Morgan fingerprint density at radius 2 is 1.32 bits per heavy atom. The van der Waals surface area contributed by atoms with Crippen LogP contribution in [-0.4, -0.2) is 15.5 Å². The van der Waals surface area contributed by atoms with Gasteiger partial charge < -0.3 is 4.74 Å². The molecule has 154 valence electrons. The zero-order valence-corrected chi connectivity index (χ0v) is 17.8. The summed E-state index contributed by atoms with van der Waals surface area (Å²) in [5, 5.41) is 0. The van der Waals surface area contributed by atoms with Crippen LogP contribution < -0.4 is 9.04 Å². The number of sulfonamides is 1. The van der Waals surface area contributed by atoms with Crippen molar-refractivity contribution < 1.29 is 13.2 Å². The van der Waals surface area contributed by atoms with E-state index in [0.717, 1.165) is 22.3 Å². The molecule has 0 unspecified atom stereocenters. The van der Waals surface area contributed by atoms with Gasteiger partial charge in [0.05, 0.1) is 23.7 Å². The summed E-state index contributed by atoms with van der Waals surface area (Å²) < 4.78 is 34.8. The van der Waals surface area contributed by atoms with E-state index < -0.39 is 16.1 Å². The van der Waals surface area contributed by atoms with Crippen LogP contribution in [-0.2, 0) is 10.0 Å². The molecule has 0 bridgehead atoms. The number of para-hydroxylation sites is 1. The molecule has 0 saturated heterocycles. The number of methoxy groups -OCH3 is 1. The minimum absolute atomic E-state index is 0.225. The molecule has 0 amide bonds. The van der Waals surface area contributed by atoms with Crippen molar-refractivity contribution in [1.29, 1.82) is 0 Å². The highest BCUT2D eigenvalue weighted by molar-refractivity contribution is 7.92. The quantitative estimate of drug-likeness (QED) is 0.422. The Hall–Kier alpha value is -3.57. The summed E-state index contributed by atoms with van der Waals surface area (Å²) in [6, 6.07) is 31.5. The fourth-order valence-electron chi connectivity index (χ4n) is 4.22. The monoisotopic (exact) mass is 427 g/mol. The Kier molecular flexibility index (Phi) is 4.75. The molecule has 0 aliphatic carbocycles. The van der Waals surface area contributed by atoms with E-state index in [-0.39, 0.29) is 4.90 Å². The van der Waals surface area contributed by atoms with Crippen molar-refractivity contribution in [3.63, 3.8) is 0 Å². The third-order valence-corrected chi connectivity index (χ3v) is 7.45. The minimum Gasteiger partial charge on any atom is -0.497 e. The Balaban J connectivity index is 1.79. The normalized spacial score (nSPS) is 15.1. The largest absolute Gasteiger partial charge is 0.497 e. The summed E-state index contributed by atoms with van der Waals surface area (Å²) in [6.45, 7) is 0. The number of hydrogen-bond donors (Lipinski definition) is 0. The van der Waals surface area contributed by atoms with Crippen LogP contribution >= 0.6 is 0 Å². The third-order valence-electron chi connectivity index (χ3n) is 5.65. The lowest BCUT2D eigenvalue weighted by Crippen LogP contribution is -2.38. The van der Waals surface area contributed by atoms with Crippen LogP contribution in [0.2, 0.25) is 0 Å². The molecule has 0 N–H and O–H groups in total. The summed E-state index contributed by atoms with van der Waals surface area (Å²) in [6.07, 6.45) is 0. The molecular weight excluding hydrogens is 406 g/mol. The molecule has 1 heterocycles. The van der Waals surface area contributed by atoms with E-state index in [1.54, 1.807) is 35.7 Å². The van der Waals surface area contributed by atoms with Gasteiger partial charge in [0.1, 0.15) is 5.75 Å². The van der Waals surface area contributed by atoms with Crippen LogP contribution in [0.3, 0.4) is 0 Å². The second-order valence-corrected chi connectivity index (χ2v) is 9.21. The van der Waals surface area contributed by atoms with Crippen molar-refractivity contribution in [3.05, 3.63) is 114 Å². The molecule has 5 rings (SSSR count). The van der Waals surface area contributed by atoms with Gasteiger partial charge in [-0.05, 0) is 47.0 Å². The van der Waals surface area contributed by atoms with Gasteiger partial charge in [0, 0.05) is 5.56 Å². The Labute approximate surface area is 182 Å². The molecule has 4 nitrogen and oxygen atoms in total. The zero-order chi connectivity index (χ0) is 21.4. The summed E-state index contributed by atoms with van der Waals surface area (Å²) in [5.74, 6) is 0.614. The molecule has 0 aromatic heterocycles. The van der Waals surface area contributed by atoms with Crippen molar-refractivity contribution in [2.24, 2.45) is 0 Å². The molecule has 4 aromatic rings. The lowest BCUT2D eigenvalue weighted by Gasteiger charge is -2.39. The first-order chi connectivity index (χ1) is 15.1. The molecule has 5 heteroatoms. The lowest BCUT2D eigenvalue weighted by molar-refractivity contribution is 0.414.